The Morgan fingerprint density at radius 2 is 2.18 bits per heavy atom. The van der Waals surface area contributed by atoms with Gasteiger partial charge in [0.2, 0.25) is 0 Å². The summed E-state index contributed by atoms with van der Waals surface area (Å²) < 4.78 is 42.1. The topological polar surface area (TPSA) is 47.0 Å². The van der Waals surface area contributed by atoms with Crippen LogP contribution in [0.2, 0.25) is 0 Å². The summed E-state index contributed by atoms with van der Waals surface area (Å²) in [5.41, 5.74) is -0.922. The summed E-state index contributed by atoms with van der Waals surface area (Å²) in [5, 5.41) is 2.92. The Hall–Kier alpha value is -1.21. The molecule has 0 amide bonds. The van der Waals surface area contributed by atoms with Crippen LogP contribution in [0.25, 0.3) is 0 Å². The molecule has 0 radical (unpaired) electrons. The van der Waals surface area contributed by atoms with Crippen LogP contribution in [-0.4, -0.2) is 36.8 Å². The number of nitrogens with one attached hydrogen (secondary N) is 1. The fraction of sp³-hybridized carbons (Fsp3) is 0.600. The summed E-state index contributed by atoms with van der Waals surface area (Å²) in [5.74, 6) is 0.149. The summed E-state index contributed by atoms with van der Waals surface area (Å²) >= 11 is 0. The van der Waals surface area contributed by atoms with E-state index in [1.807, 2.05) is 0 Å². The average molecular weight is 249 g/mol. The zero-order valence-corrected chi connectivity index (χ0v) is 9.58. The van der Waals surface area contributed by atoms with E-state index in [4.69, 9.17) is 4.74 Å². The maximum absolute atomic E-state index is 12.4. The standard InChI is InChI=1S/C10H14F3N3O/c1-14-7(6-17-2)5-9-15-4-3-8(16-9)10(11,12)13/h3-4,7,14H,5-6H2,1-2H3. The predicted octanol–water partition coefficient (Wildman–Crippen LogP) is 1.27. The third-order valence-electron chi connectivity index (χ3n) is 2.20. The van der Waals surface area contributed by atoms with Gasteiger partial charge in [-0.05, 0) is 13.1 Å². The first-order valence-electron chi connectivity index (χ1n) is 5.02. The maximum Gasteiger partial charge on any atom is 0.433 e. The van der Waals surface area contributed by atoms with Gasteiger partial charge >= 0.3 is 6.18 Å². The molecule has 0 bridgehead atoms. The Morgan fingerprint density at radius 3 is 2.71 bits per heavy atom. The normalized spacial score (nSPS) is 13.7. The van der Waals surface area contributed by atoms with Crippen LogP contribution in [-0.2, 0) is 17.3 Å². The molecule has 0 fully saturated rings. The highest BCUT2D eigenvalue weighted by Gasteiger charge is 2.32. The van der Waals surface area contributed by atoms with Gasteiger partial charge in [-0.15, -0.1) is 0 Å². The van der Waals surface area contributed by atoms with E-state index in [-0.39, 0.29) is 18.3 Å². The molecule has 0 aromatic carbocycles. The smallest absolute Gasteiger partial charge is 0.383 e. The number of rotatable bonds is 5. The largest absolute Gasteiger partial charge is 0.433 e. The van der Waals surface area contributed by atoms with Crippen molar-refractivity contribution in [2.45, 2.75) is 18.6 Å². The van der Waals surface area contributed by atoms with Crippen LogP contribution < -0.4 is 5.32 Å². The van der Waals surface area contributed by atoms with Crippen molar-refractivity contribution in [3.05, 3.63) is 23.8 Å². The Balaban J connectivity index is 2.78. The van der Waals surface area contributed by atoms with E-state index in [0.29, 0.717) is 6.61 Å². The fourth-order valence-corrected chi connectivity index (χ4v) is 1.32. The molecule has 0 spiro atoms. The highest BCUT2D eigenvalue weighted by atomic mass is 19.4. The number of nitrogens with zero attached hydrogens (tertiary/aromatic N) is 2. The van der Waals surface area contributed by atoms with Gasteiger partial charge in [0.1, 0.15) is 11.5 Å². The van der Waals surface area contributed by atoms with Crippen LogP contribution in [0.15, 0.2) is 12.3 Å². The first-order chi connectivity index (χ1) is 7.97. The molecule has 1 atom stereocenters. The minimum atomic E-state index is -4.44. The number of aromatic nitrogens is 2. The van der Waals surface area contributed by atoms with Gasteiger partial charge in [-0.2, -0.15) is 13.2 Å². The van der Waals surface area contributed by atoms with Gasteiger partial charge in [0, 0.05) is 25.8 Å². The van der Waals surface area contributed by atoms with Crippen LogP contribution >= 0.6 is 0 Å². The molecule has 0 aliphatic rings. The molecule has 0 aliphatic carbocycles. The molecule has 0 saturated heterocycles. The Bertz CT molecular complexity index is 357. The van der Waals surface area contributed by atoms with Crippen LogP contribution in [0.4, 0.5) is 13.2 Å². The van der Waals surface area contributed by atoms with Crippen LogP contribution in [0.5, 0.6) is 0 Å². The fourth-order valence-electron chi connectivity index (χ4n) is 1.32. The maximum atomic E-state index is 12.4. The van der Waals surface area contributed by atoms with Crippen LogP contribution in [0.3, 0.4) is 0 Å². The summed E-state index contributed by atoms with van der Waals surface area (Å²) in [4.78, 5) is 7.30. The molecule has 0 saturated carbocycles. The van der Waals surface area contributed by atoms with Crippen molar-refractivity contribution in [2.24, 2.45) is 0 Å². The van der Waals surface area contributed by atoms with Crippen molar-refractivity contribution in [3.8, 4) is 0 Å². The quantitative estimate of drug-likeness (QED) is 0.853. The third-order valence-corrected chi connectivity index (χ3v) is 2.20. The monoisotopic (exact) mass is 249 g/mol. The van der Waals surface area contributed by atoms with Crippen molar-refractivity contribution in [1.29, 1.82) is 0 Å². The zero-order chi connectivity index (χ0) is 12.9. The molecule has 1 aromatic heterocycles. The average Bonchev–Trinajstić information content (AvgIpc) is 2.28. The minimum Gasteiger partial charge on any atom is -0.383 e. The molecule has 96 valence electrons. The molecule has 1 unspecified atom stereocenters. The molecule has 17 heavy (non-hydrogen) atoms. The van der Waals surface area contributed by atoms with Gasteiger partial charge in [0.05, 0.1) is 6.61 Å². The lowest BCUT2D eigenvalue weighted by Crippen LogP contribution is -2.33. The van der Waals surface area contributed by atoms with Crippen molar-refractivity contribution in [1.82, 2.24) is 15.3 Å². The number of likely N-dealkylation sites (N-methyl/N-ethyl adjacent to an activating group) is 1. The van der Waals surface area contributed by atoms with Crippen LogP contribution in [0.1, 0.15) is 11.5 Å². The highest BCUT2D eigenvalue weighted by Crippen LogP contribution is 2.26. The van der Waals surface area contributed by atoms with Gasteiger partial charge in [-0.3, -0.25) is 0 Å². The molecule has 1 rings (SSSR count). The number of methoxy groups -OCH3 is 1. The van der Waals surface area contributed by atoms with E-state index in [2.05, 4.69) is 15.3 Å². The molecule has 1 N–H and O–H groups in total. The van der Waals surface area contributed by atoms with Crippen molar-refractivity contribution < 1.29 is 17.9 Å². The summed E-state index contributed by atoms with van der Waals surface area (Å²) in [6.07, 6.45) is -3.03. The molecule has 1 heterocycles. The Kier molecular flexibility index (Phi) is 4.83. The lowest BCUT2D eigenvalue weighted by molar-refractivity contribution is -0.141. The van der Waals surface area contributed by atoms with Gasteiger partial charge < -0.3 is 10.1 Å². The second kappa shape index (κ2) is 5.92. The number of hydrogen-bond acceptors (Lipinski definition) is 4. The number of halogens is 3. The second-order valence-electron chi connectivity index (χ2n) is 3.50. The Labute approximate surface area is 97.2 Å². The highest BCUT2D eigenvalue weighted by molar-refractivity contribution is 5.06. The van der Waals surface area contributed by atoms with Crippen molar-refractivity contribution in [2.75, 3.05) is 20.8 Å². The number of alkyl halides is 3. The minimum absolute atomic E-state index is 0.108. The molecule has 7 heteroatoms. The van der Waals surface area contributed by atoms with E-state index in [0.717, 1.165) is 12.3 Å². The van der Waals surface area contributed by atoms with Gasteiger partial charge in [-0.25, -0.2) is 9.97 Å². The molecular weight excluding hydrogens is 235 g/mol. The zero-order valence-electron chi connectivity index (χ0n) is 9.58. The van der Waals surface area contributed by atoms with Crippen molar-refractivity contribution in [3.63, 3.8) is 0 Å². The summed E-state index contributed by atoms with van der Waals surface area (Å²) in [6, 6.07) is 0.747. The molecule has 0 aliphatic heterocycles. The van der Waals surface area contributed by atoms with E-state index >= 15 is 0 Å². The van der Waals surface area contributed by atoms with Gasteiger partial charge in [0.15, 0.2) is 0 Å². The predicted molar refractivity (Wildman–Crippen MR) is 55.5 cm³/mol. The summed E-state index contributed by atoms with van der Waals surface area (Å²) in [6.45, 7) is 0.385. The molecule has 4 nitrogen and oxygen atoms in total. The number of ether oxygens (including phenoxy) is 1. The van der Waals surface area contributed by atoms with E-state index in [9.17, 15) is 13.2 Å². The molecular formula is C10H14F3N3O. The third kappa shape index (κ3) is 4.27. The van der Waals surface area contributed by atoms with Crippen molar-refractivity contribution >= 4 is 0 Å². The van der Waals surface area contributed by atoms with E-state index in [1.54, 1.807) is 7.05 Å². The summed E-state index contributed by atoms with van der Waals surface area (Å²) in [7, 11) is 3.23. The first kappa shape index (κ1) is 13.9. The first-order valence-corrected chi connectivity index (χ1v) is 5.02. The second-order valence-corrected chi connectivity index (χ2v) is 3.50. The van der Waals surface area contributed by atoms with E-state index < -0.39 is 11.9 Å². The van der Waals surface area contributed by atoms with E-state index in [1.165, 1.54) is 7.11 Å². The lowest BCUT2D eigenvalue weighted by atomic mass is 10.2. The van der Waals surface area contributed by atoms with Gasteiger partial charge in [0.25, 0.3) is 0 Å². The molecule has 1 aromatic rings. The van der Waals surface area contributed by atoms with Crippen LogP contribution in [0, 0.1) is 0 Å². The van der Waals surface area contributed by atoms with Gasteiger partial charge in [-0.1, -0.05) is 0 Å². The lowest BCUT2D eigenvalue weighted by Gasteiger charge is -2.14. The SMILES string of the molecule is CNC(COC)Cc1nccc(C(F)(F)F)n1. The number of hydrogen-bond donors (Lipinski definition) is 1. The Morgan fingerprint density at radius 1 is 1.47 bits per heavy atom.